The summed E-state index contributed by atoms with van der Waals surface area (Å²) in [6.45, 7) is 3.53. The maximum Gasteiger partial charge on any atom is 0.317 e. The molecule has 0 saturated carbocycles. The number of fused-ring (bicyclic) bond motifs is 1. The van der Waals surface area contributed by atoms with Crippen LogP contribution in [0.5, 0.6) is 0 Å². The number of aliphatic hydroxyl groups is 1. The molecule has 0 spiro atoms. The van der Waals surface area contributed by atoms with Crippen molar-refractivity contribution in [3.63, 3.8) is 0 Å². The van der Waals surface area contributed by atoms with E-state index >= 15 is 0 Å². The lowest BCUT2D eigenvalue weighted by Gasteiger charge is -2.30. The highest BCUT2D eigenvalue weighted by molar-refractivity contribution is 5.74. The summed E-state index contributed by atoms with van der Waals surface area (Å²) in [5, 5.41) is 12.5. The molecule has 0 aromatic carbocycles. The number of likely N-dealkylation sites (tertiary alicyclic amines) is 1. The number of nitrogens with one attached hydrogen (secondary N) is 1. The van der Waals surface area contributed by atoms with Crippen molar-refractivity contribution in [1.82, 2.24) is 19.6 Å². The average Bonchev–Trinajstić information content (AvgIpc) is 2.89. The van der Waals surface area contributed by atoms with Crippen molar-refractivity contribution in [2.45, 2.75) is 32.4 Å². The number of hydrogen-bond donors (Lipinski definition) is 2. The molecule has 0 bridgehead atoms. The van der Waals surface area contributed by atoms with E-state index in [1.165, 1.54) is 0 Å². The summed E-state index contributed by atoms with van der Waals surface area (Å²) in [5.74, 6) is 0. The van der Waals surface area contributed by atoms with Gasteiger partial charge in [0.25, 0.3) is 0 Å². The van der Waals surface area contributed by atoms with Gasteiger partial charge in [-0.2, -0.15) is 0 Å². The van der Waals surface area contributed by atoms with Gasteiger partial charge in [-0.15, -0.1) is 0 Å². The minimum absolute atomic E-state index is 0.137. The first-order chi connectivity index (χ1) is 10.1. The van der Waals surface area contributed by atoms with Gasteiger partial charge in [-0.25, -0.2) is 9.78 Å². The number of aliphatic hydroxyl groups excluding tert-OH is 1. The SMILES string of the molecule is Cc1cccc2nc(CNC(=O)N3CCCC(O)C3)cn12. The number of nitrogens with zero attached hydrogens (tertiary/aromatic N) is 3. The second-order valence-corrected chi connectivity index (χ2v) is 5.53. The number of carbonyl (C=O) groups is 1. The molecule has 0 radical (unpaired) electrons. The number of piperidine rings is 1. The third-order valence-electron chi connectivity index (χ3n) is 3.85. The van der Waals surface area contributed by atoms with Gasteiger partial charge in [-0.05, 0) is 31.9 Å². The number of aromatic nitrogens is 2. The van der Waals surface area contributed by atoms with Crippen LogP contribution in [-0.4, -0.2) is 44.6 Å². The summed E-state index contributed by atoms with van der Waals surface area (Å²) in [4.78, 5) is 18.2. The van der Waals surface area contributed by atoms with Gasteiger partial charge in [0, 0.05) is 25.0 Å². The fraction of sp³-hybridized carbons (Fsp3) is 0.467. The fourth-order valence-corrected chi connectivity index (χ4v) is 2.70. The van der Waals surface area contributed by atoms with Gasteiger partial charge in [0.1, 0.15) is 5.65 Å². The number of carbonyl (C=O) groups excluding carboxylic acids is 1. The first kappa shape index (κ1) is 13.9. The summed E-state index contributed by atoms with van der Waals surface area (Å²) in [6.07, 6.45) is 3.16. The molecule has 2 aromatic rings. The molecule has 1 aliphatic rings. The van der Waals surface area contributed by atoms with E-state index in [0.29, 0.717) is 19.6 Å². The van der Waals surface area contributed by atoms with Crippen molar-refractivity contribution < 1.29 is 9.90 Å². The summed E-state index contributed by atoms with van der Waals surface area (Å²) in [7, 11) is 0. The molecule has 3 heterocycles. The van der Waals surface area contributed by atoms with Crippen molar-refractivity contribution >= 4 is 11.7 Å². The number of imidazole rings is 1. The summed E-state index contributed by atoms with van der Waals surface area (Å²) in [5.41, 5.74) is 2.82. The number of aryl methyl sites for hydroxylation is 1. The van der Waals surface area contributed by atoms with Crippen LogP contribution in [0.25, 0.3) is 5.65 Å². The number of pyridine rings is 1. The third-order valence-corrected chi connectivity index (χ3v) is 3.85. The maximum atomic E-state index is 12.1. The Hall–Kier alpha value is -2.08. The summed E-state index contributed by atoms with van der Waals surface area (Å²) in [6, 6.07) is 5.79. The molecule has 1 unspecified atom stereocenters. The predicted octanol–water partition coefficient (Wildman–Crippen LogP) is 1.31. The minimum atomic E-state index is -0.401. The zero-order valence-electron chi connectivity index (χ0n) is 12.1. The molecule has 21 heavy (non-hydrogen) atoms. The van der Waals surface area contributed by atoms with Crippen LogP contribution in [0.3, 0.4) is 0 Å². The number of rotatable bonds is 2. The molecule has 6 heteroatoms. The zero-order chi connectivity index (χ0) is 14.8. The first-order valence-electron chi connectivity index (χ1n) is 7.28. The van der Waals surface area contributed by atoms with Gasteiger partial charge in [-0.3, -0.25) is 0 Å². The van der Waals surface area contributed by atoms with Crippen LogP contribution < -0.4 is 5.32 Å². The van der Waals surface area contributed by atoms with Crippen molar-refractivity contribution in [3.8, 4) is 0 Å². The van der Waals surface area contributed by atoms with Crippen LogP contribution in [0.2, 0.25) is 0 Å². The van der Waals surface area contributed by atoms with Gasteiger partial charge in [0.15, 0.2) is 0 Å². The Morgan fingerprint density at radius 2 is 2.38 bits per heavy atom. The molecule has 1 fully saturated rings. The fourth-order valence-electron chi connectivity index (χ4n) is 2.70. The summed E-state index contributed by atoms with van der Waals surface area (Å²) < 4.78 is 2.01. The van der Waals surface area contributed by atoms with Gasteiger partial charge >= 0.3 is 6.03 Å². The lowest BCUT2D eigenvalue weighted by Crippen LogP contribution is -2.46. The van der Waals surface area contributed by atoms with E-state index in [0.717, 1.165) is 29.9 Å². The monoisotopic (exact) mass is 288 g/mol. The molecular weight excluding hydrogens is 268 g/mol. The van der Waals surface area contributed by atoms with E-state index in [1.807, 2.05) is 35.7 Å². The Morgan fingerprint density at radius 3 is 3.14 bits per heavy atom. The molecule has 112 valence electrons. The Morgan fingerprint density at radius 1 is 1.52 bits per heavy atom. The molecule has 1 atom stereocenters. The average molecular weight is 288 g/mol. The largest absolute Gasteiger partial charge is 0.391 e. The first-order valence-corrected chi connectivity index (χ1v) is 7.28. The van der Waals surface area contributed by atoms with E-state index < -0.39 is 6.10 Å². The highest BCUT2D eigenvalue weighted by Crippen LogP contribution is 2.11. The quantitative estimate of drug-likeness (QED) is 0.875. The maximum absolute atomic E-state index is 12.1. The number of β-amino-alcohol motifs (C(OH)–C–C–N with tert-alkyl or cyclic N) is 1. The van der Waals surface area contributed by atoms with Gasteiger partial charge in [0.2, 0.25) is 0 Å². The molecule has 0 aliphatic carbocycles. The van der Waals surface area contributed by atoms with Crippen molar-refractivity contribution in [1.29, 1.82) is 0 Å². The van der Waals surface area contributed by atoms with E-state index in [4.69, 9.17) is 0 Å². The second kappa shape index (κ2) is 5.73. The van der Waals surface area contributed by atoms with Crippen molar-refractivity contribution in [3.05, 3.63) is 35.8 Å². The van der Waals surface area contributed by atoms with Crippen LogP contribution in [0.1, 0.15) is 24.2 Å². The molecule has 6 nitrogen and oxygen atoms in total. The third kappa shape index (κ3) is 3.00. The molecule has 3 rings (SSSR count). The van der Waals surface area contributed by atoms with E-state index in [2.05, 4.69) is 10.3 Å². The van der Waals surface area contributed by atoms with Crippen molar-refractivity contribution in [2.24, 2.45) is 0 Å². The molecule has 2 amide bonds. The Balaban J connectivity index is 1.63. The molecule has 1 saturated heterocycles. The molecular formula is C15H20N4O2. The lowest BCUT2D eigenvalue weighted by molar-refractivity contribution is 0.0841. The molecule has 2 aromatic heterocycles. The smallest absolute Gasteiger partial charge is 0.317 e. The van der Waals surface area contributed by atoms with Crippen LogP contribution in [0, 0.1) is 6.92 Å². The lowest BCUT2D eigenvalue weighted by atomic mass is 10.1. The normalized spacial score (nSPS) is 19.0. The van der Waals surface area contributed by atoms with Crippen LogP contribution in [0.15, 0.2) is 24.4 Å². The molecule has 1 aliphatic heterocycles. The van der Waals surface area contributed by atoms with Gasteiger partial charge in [-0.1, -0.05) is 6.07 Å². The second-order valence-electron chi connectivity index (χ2n) is 5.53. The zero-order valence-corrected chi connectivity index (χ0v) is 12.1. The van der Waals surface area contributed by atoms with Crippen LogP contribution in [-0.2, 0) is 6.54 Å². The van der Waals surface area contributed by atoms with Crippen molar-refractivity contribution in [2.75, 3.05) is 13.1 Å². The predicted molar refractivity (Wildman–Crippen MR) is 79.0 cm³/mol. The van der Waals surface area contributed by atoms with Crippen LogP contribution in [0.4, 0.5) is 4.79 Å². The Kier molecular flexibility index (Phi) is 3.79. The van der Waals surface area contributed by atoms with Gasteiger partial charge < -0.3 is 19.7 Å². The number of urea groups is 1. The topological polar surface area (TPSA) is 69.9 Å². The van der Waals surface area contributed by atoms with Gasteiger partial charge in [0.05, 0.1) is 18.3 Å². The number of hydrogen-bond acceptors (Lipinski definition) is 3. The Labute approximate surface area is 123 Å². The van der Waals surface area contributed by atoms with E-state index in [9.17, 15) is 9.90 Å². The van der Waals surface area contributed by atoms with E-state index in [1.54, 1.807) is 4.90 Å². The standard InChI is InChI=1S/C15H20N4O2/c1-11-4-2-6-14-17-12(9-19(11)14)8-16-15(21)18-7-3-5-13(20)10-18/h2,4,6,9,13,20H,3,5,7-8,10H2,1H3,(H,16,21). The Bertz CT molecular complexity index is 652. The highest BCUT2D eigenvalue weighted by Gasteiger charge is 2.21. The molecule has 2 N–H and O–H groups in total. The minimum Gasteiger partial charge on any atom is -0.391 e. The number of amides is 2. The van der Waals surface area contributed by atoms with Crippen LogP contribution >= 0.6 is 0 Å². The van der Waals surface area contributed by atoms with E-state index in [-0.39, 0.29) is 6.03 Å². The summed E-state index contributed by atoms with van der Waals surface area (Å²) >= 11 is 0. The highest BCUT2D eigenvalue weighted by atomic mass is 16.3.